The Hall–Kier alpha value is -1.32. The fourth-order valence-electron chi connectivity index (χ4n) is 1.50. The summed E-state index contributed by atoms with van der Waals surface area (Å²) < 4.78 is 4.89. The van der Waals surface area contributed by atoms with Crippen molar-refractivity contribution in [2.75, 3.05) is 7.05 Å². The van der Waals surface area contributed by atoms with Gasteiger partial charge in [0.25, 0.3) is 6.47 Å². The van der Waals surface area contributed by atoms with E-state index in [4.69, 9.17) is 4.74 Å². The molecular weight excluding hydrogens is 170 g/mol. The van der Waals surface area contributed by atoms with Gasteiger partial charge in [-0.15, -0.1) is 0 Å². The van der Waals surface area contributed by atoms with E-state index >= 15 is 0 Å². The van der Waals surface area contributed by atoms with E-state index in [9.17, 15) is 9.59 Å². The maximum Gasteiger partial charge on any atom is 0.293 e. The standard InChI is InChI=1S/C9H13NO3/c1-10(6-11)8-4-2-3-5-9(8)13-7-12/h2-3,6-9H,4-5H2,1H3. The van der Waals surface area contributed by atoms with Crippen LogP contribution in [0, 0.1) is 0 Å². The van der Waals surface area contributed by atoms with Gasteiger partial charge in [0.05, 0.1) is 6.04 Å². The molecule has 2 unspecified atom stereocenters. The second-order valence-corrected chi connectivity index (χ2v) is 3.05. The summed E-state index contributed by atoms with van der Waals surface area (Å²) in [5, 5.41) is 0. The van der Waals surface area contributed by atoms with E-state index < -0.39 is 0 Å². The van der Waals surface area contributed by atoms with E-state index in [0.29, 0.717) is 12.9 Å². The third kappa shape index (κ3) is 2.31. The number of nitrogens with zero attached hydrogens (tertiary/aromatic N) is 1. The fourth-order valence-corrected chi connectivity index (χ4v) is 1.50. The van der Waals surface area contributed by atoms with Crippen LogP contribution in [0.25, 0.3) is 0 Å². The van der Waals surface area contributed by atoms with Crippen LogP contribution >= 0.6 is 0 Å². The van der Waals surface area contributed by atoms with E-state index in [-0.39, 0.29) is 12.1 Å². The number of hydrogen-bond acceptors (Lipinski definition) is 3. The average molecular weight is 183 g/mol. The first-order valence-corrected chi connectivity index (χ1v) is 4.21. The first-order chi connectivity index (χ1) is 6.29. The van der Waals surface area contributed by atoms with E-state index in [1.165, 1.54) is 4.90 Å². The van der Waals surface area contributed by atoms with Crippen LogP contribution in [0.15, 0.2) is 12.2 Å². The predicted octanol–water partition coefficient (Wildman–Crippen LogP) is 0.335. The smallest absolute Gasteiger partial charge is 0.293 e. The van der Waals surface area contributed by atoms with Gasteiger partial charge in [-0.05, 0) is 6.42 Å². The number of ether oxygens (including phenoxy) is 1. The van der Waals surface area contributed by atoms with Crippen molar-refractivity contribution in [1.82, 2.24) is 4.90 Å². The minimum Gasteiger partial charge on any atom is -0.462 e. The third-order valence-corrected chi connectivity index (χ3v) is 2.26. The van der Waals surface area contributed by atoms with Gasteiger partial charge in [-0.25, -0.2) is 0 Å². The molecule has 0 spiro atoms. The number of hydrogen-bond donors (Lipinski definition) is 0. The molecule has 4 heteroatoms. The molecule has 1 aliphatic rings. The molecule has 0 radical (unpaired) electrons. The predicted molar refractivity (Wildman–Crippen MR) is 46.9 cm³/mol. The Morgan fingerprint density at radius 3 is 2.69 bits per heavy atom. The Bertz CT molecular complexity index is 215. The van der Waals surface area contributed by atoms with E-state index in [1.54, 1.807) is 7.05 Å². The summed E-state index contributed by atoms with van der Waals surface area (Å²) in [6.07, 6.45) is 5.94. The second-order valence-electron chi connectivity index (χ2n) is 3.05. The van der Waals surface area contributed by atoms with Gasteiger partial charge in [0, 0.05) is 13.5 Å². The van der Waals surface area contributed by atoms with Crippen LogP contribution in [-0.4, -0.2) is 37.0 Å². The summed E-state index contributed by atoms with van der Waals surface area (Å²) in [7, 11) is 1.69. The topological polar surface area (TPSA) is 46.6 Å². The molecule has 13 heavy (non-hydrogen) atoms. The van der Waals surface area contributed by atoms with Gasteiger partial charge in [-0.2, -0.15) is 0 Å². The Labute approximate surface area is 77.2 Å². The Balaban J connectivity index is 2.62. The number of carbonyl (C=O) groups is 2. The first kappa shape index (κ1) is 9.77. The minimum absolute atomic E-state index is 0.0206. The monoisotopic (exact) mass is 183 g/mol. The molecule has 72 valence electrons. The molecule has 0 aromatic rings. The van der Waals surface area contributed by atoms with Gasteiger partial charge in [-0.1, -0.05) is 12.2 Å². The molecule has 0 aromatic carbocycles. The van der Waals surface area contributed by atoms with Crippen molar-refractivity contribution in [2.24, 2.45) is 0 Å². The number of amides is 1. The average Bonchev–Trinajstić information content (AvgIpc) is 2.18. The van der Waals surface area contributed by atoms with E-state index in [0.717, 1.165) is 12.8 Å². The van der Waals surface area contributed by atoms with Gasteiger partial charge in [0.15, 0.2) is 0 Å². The number of rotatable bonds is 4. The highest BCUT2D eigenvalue weighted by Gasteiger charge is 2.26. The van der Waals surface area contributed by atoms with Crippen molar-refractivity contribution in [3.8, 4) is 0 Å². The van der Waals surface area contributed by atoms with Crippen LogP contribution in [-0.2, 0) is 14.3 Å². The highest BCUT2D eigenvalue weighted by molar-refractivity contribution is 5.48. The molecule has 0 fully saturated rings. The summed E-state index contributed by atoms with van der Waals surface area (Å²) >= 11 is 0. The van der Waals surface area contributed by atoms with E-state index in [1.807, 2.05) is 12.2 Å². The van der Waals surface area contributed by atoms with Crippen molar-refractivity contribution in [3.63, 3.8) is 0 Å². The lowest BCUT2D eigenvalue weighted by Gasteiger charge is -2.31. The van der Waals surface area contributed by atoms with Crippen LogP contribution in [0.4, 0.5) is 0 Å². The van der Waals surface area contributed by atoms with Crippen molar-refractivity contribution in [1.29, 1.82) is 0 Å². The Kier molecular flexibility index (Phi) is 3.49. The summed E-state index contributed by atoms with van der Waals surface area (Å²) in [5.74, 6) is 0. The van der Waals surface area contributed by atoms with Crippen molar-refractivity contribution >= 4 is 12.9 Å². The normalized spacial score (nSPS) is 26.5. The van der Waals surface area contributed by atoms with Gasteiger partial charge < -0.3 is 9.64 Å². The highest BCUT2D eigenvalue weighted by atomic mass is 16.5. The van der Waals surface area contributed by atoms with Gasteiger partial charge in [0.2, 0.25) is 6.41 Å². The Morgan fingerprint density at radius 1 is 1.38 bits per heavy atom. The Morgan fingerprint density at radius 2 is 2.08 bits per heavy atom. The third-order valence-electron chi connectivity index (χ3n) is 2.26. The molecule has 4 nitrogen and oxygen atoms in total. The van der Waals surface area contributed by atoms with Crippen LogP contribution in [0.1, 0.15) is 12.8 Å². The lowest BCUT2D eigenvalue weighted by Crippen LogP contribution is -2.42. The SMILES string of the molecule is CN(C=O)C1CC=CCC1OC=O. The lowest BCUT2D eigenvalue weighted by atomic mass is 9.98. The molecule has 0 aliphatic heterocycles. The zero-order valence-electron chi connectivity index (χ0n) is 7.55. The maximum absolute atomic E-state index is 10.5. The van der Waals surface area contributed by atoms with Crippen LogP contribution in [0.5, 0.6) is 0 Å². The first-order valence-electron chi connectivity index (χ1n) is 4.21. The molecule has 0 bridgehead atoms. The molecule has 1 amide bonds. The molecule has 0 heterocycles. The van der Waals surface area contributed by atoms with Crippen molar-refractivity contribution in [3.05, 3.63) is 12.2 Å². The van der Waals surface area contributed by atoms with Crippen LogP contribution < -0.4 is 0 Å². The molecule has 0 aromatic heterocycles. The number of carbonyl (C=O) groups excluding carboxylic acids is 2. The zero-order chi connectivity index (χ0) is 9.68. The van der Waals surface area contributed by atoms with Crippen LogP contribution in [0.2, 0.25) is 0 Å². The van der Waals surface area contributed by atoms with E-state index in [2.05, 4.69) is 0 Å². The lowest BCUT2D eigenvalue weighted by molar-refractivity contribution is -0.139. The largest absolute Gasteiger partial charge is 0.462 e. The molecule has 0 N–H and O–H groups in total. The summed E-state index contributed by atoms with van der Waals surface area (Å²) in [4.78, 5) is 22.2. The fraction of sp³-hybridized carbons (Fsp3) is 0.556. The molecule has 0 saturated heterocycles. The quantitative estimate of drug-likeness (QED) is 0.466. The molecule has 0 saturated carbocycles. The molecular formula is C9H13NO3. The minimum atomic E-state index is -0.197. The van der Waals surface area contributed by atoms with Crippen molar-refractivity contribution in [2.45, 2.75) is 25.0 Å². The van der Waals surface area contributed by atoms with Gasteiger partial charge >= 0.3 is 0 Å². The summed E-state index contributed by atoms with van der Waals surface area (Å²) in [6, 6.07) is -0.0206. The number of likely N-dealkylation sites (N-methyl/N-ethyl adjacent to an activating group) is 1. The summed E-state index contributed by atoms with van der Waals surface area (Å²) in [6.45, 7) is 0.440. The molecule has 2 atom stereocenters. The van der Waals surface area contributed by atoms with Crippen molar-refractivity contribution < 1.29 is 14.3 Å². The molecule has 1 rings (SSSR count). The maximum atomic E-state index is 10.5. The van der Waals surface area contributed by atoms with Gasteiger partial charge in [0.1, 0.15) is 6.10 Å². The summed E-state index contributed by atoms with van der Waals surface area (Å²) in [5.41, 5.74) is 0. The highest BCUT2D eigenvalue weighted by Crippen LogP contribution is 2.18. The second kappa shape index (κ2) is 4.64. The van der Waals surface area contributed by atoms with Crippen LogP contribution in [0.3, 0.4) is 0 Å². The van der Waals surface area contributed by atoms with Gasteiger partial charge in [-0.3, -0.25) is 9.59 Å². The zero-order valence-corrected chi connectivity index (χ0v) is 7.55. The molecule has 1 aliphatic carbocycles.